The molecule has 2 amide bonds. The van der Waals surface area contributed by atoms with Crippen molar-refractivity contribution < 1.29 is 52.2 Å². The average Bonchev–Trinajstić information content (AvgIpc) is 3.63. The van der Waals surface area contributed by atoms with E-state index in [1.807, 2.05) is 159 Å². The maximum Gasteiger partial charge on any atom is 0.251 e. The molecule has 80 heavy (non-hydrogen) atoms. The van der Waals surface area contributed by atoms with Crippen molar-refractivity contribution in [2.45, 2.75) is 166 Å². The van der Waals surface area contributed by atoms with Gasteiger partial charge in [-0.3, -0.25) is 9.59 Å². The lowest BCUT2D eigenvalue weighted by Crippen LogP contribution is -2.53. The normalized spacial score (nSPS) is 18.4. The Morgan fingerprint density at radius 1 is 0.588 bits per heavy atom. The zero-order valence-electron chi connectivity index (χ0n) is 46.5. The van der Waals surface area contributed by atoms with Crippen LogP contribution < -0.4 is 10.6 Å². The zero-order valence-corrected chi connectivity index (χ0v) is 46.5. The van der Waals surface area contributed by atoms with Crippen molar-refractivity contribution in [3.05, 3.63) is 215 Å². The van der Waals surface area contributed by atoms with Crippen molar-refractivity contribution in [2.75, 3.05) is 19.8 Å². The van der Waals surface area contributed by atoms with Crippen LogP contribution in [0.1, 0.15) is 122 Å². The van der Waals surface area contributed by atoms with Gasteiger partial charge in [-0.15, -0.1) is 0 Å². The monoisotopic (exact) mass is 1090 g/mol. The van der Waals surface area contributed by atoms with Crippen LogP contribution >= 0.6 is 0 Å². The van der Waals surface area contributed by atoms with Gasteiger partial charge in [-0.05, 0) is 65.3 Å². The Bertz CT molecular complexity index is 2600. The molecule has 0 saturated carbocycles. The third-order valence-electron chi connectivity index (χ3n) is 14.3. The Labute approximate surface area is 473 Å². The molecular formula is C67H83FN2O10. The largest absolute Gasteiger partial charge is 0.390 e. The van der Waals surface area contributed by atoms with Gasteiger partial charge in [0.25, 0.3) is 5.91 Å². The smallest absolute Gasteiger partial charge is 0.251 e. The second-order valence-corrected chi connectivity index (χ2v) is 20.7. The predicted octanol–water partition coefficient (Wildman–Crippen LogP) is 12.4. The zero-order chi connectivity index (χ0) is 55.8. The lowest BCUT2D eigenvalue weighted by Gasteiger charge is -2.34. The summed E-state index contributed by atoms with van der Waals surface area (Å²) in [4.78, 5) is 26.4. The SMILES string of the molecule is CC[C@@H](O)[C@@H](OCc1ccccc1)[C@H](CO[C@H]1OC(COCc2ccccc2)[C@H](OCc2ccccc2)C(OCc2ccccc2)CC1OCc1ccccc1)NC(=O)CCCCCCCCCCCNC(=O)c1cccc(F)c1. The summed E-state index contributed by atoms with van der Waals surface area (Å²) in [5, 5.41) is 17.8. The van der Waals surface area contributed by atoms with Crippen LogP contribution in [0.5, 0.6) is 0 Å². The van der Waals surface area contributed by atoms with Crippen molar-refractivity contribution in [1.29, 1.82) is 0 Å². The number of nitrogens with one attached hydrogen (secondary N) is 2. The van der Waals surface area contributed by atoms with Crippen molar-refractivity contribution in [2.24, 2.45) is 0 Å². The van der Waals surface area contributed by atoms with Crippen molar-refractivity contribution >= 4 is 11.8 Å². The van der Waals surface area contributed by atoms with Gasteiger partial charge in [-0.2, -0.15) is 0 Å². The van der Waals surface area contributed by atoms with Gasteiger partial charge >= 0.3 is 0 Å². The molecule has 0 aliphatic carbocycles. The highest BCUT2D eigenvalue weighted by molar-refractivity contribution is 5.94. The van der Waals surface area contributed by atoms with Gasteiger partial charge in [0, 0.05) is 24.9 Å². The molecule has 3 unspecified atom stereocenters. The minimum absolute atomic E-state index is 0.0693. The maximum atomic E-state index is 14.1. The molecule has 1 aliphatic rings. The molecular weight excluding hydrogens is 1010 g/mol. The Morgan fingerprint density at radius 2 is 1.09 bits per heavy atom. The highest BCUT2D eigenvalue weighted by Gasteiger charge is 2.44. The minimum Gasteiger partial charge on any atom is -0.390 e. The number of carbonyl (C=O) groups is 2. The number of unbranched alkanes of at least 4 members (excludes halogenated alkanes) is 8. The number of hydrogen-bond acceptors (Lipinski definition) is 10. The fourth-order valence-corrected chi connectivity index (χ4v) is 9.82. The number of hydrogen-bond donors (Lipinski definition) is 3. The molecule has 1 aliphatic heterocycles. The number of carbonyl (C=O) groups excluding carboxylic acids is 2. The summed E-state index contributed by atoms with van der Waals surface area (Å²) in [6.07, 6.45) is 4.48. The second kappa shape index (κ2) is 35.6. The van der Waals surface area contributed by atoms with Crippen LogP contribution in [0.4, 0.5) is 4.39 Å². The number of aliphatic hydroxyl groups excluding tert-OH is 1. The van der Waals surface area contributed by atoms with Crippen molar-refractivity contribution in [3.8, 4) is 0 Å². The number of benzene rings is 6. The molecule has 1 fully saturated rings. The molecule has 0 radical (unpaired) electrons. The number of amides is 2. The highest BCUT2D eigenvalue weighted by atomic mass is 19.1. The summed E-state index contributed by atoms with van der Waals surface area (Å²) in [6, 6.07) is 54.8. The summed E-state index contributed by atoms with van der Waals surface area (Å²) < 4.78 is 61.3. The van der Waals surface area contributed by atoms with E-state index in [1.165, 1.54) is 18.2 Å². The van der Waals surface area contributed by atoms with E-state index in [4.69, 9.17) is 33.2 Å². The van der Waals surface area contributed by atoms with E-state index >= 15 is 0 Å². The van der Waals surface area contributed by atoms with Gasteiger partial charge in [0.2, 0.25) is 5.91 Å². The standard InChI is InChI=1S/C67H83FN2O10/c1-2-59(71)64(77-47-54-34-21-13-22-35-54)58(70-63(72)40-25-8-6-4-3-5-7-9-26-41-69-66(73)56-38-27-39-57(68)42-56)49-79-67-61(76-46-53-32-19-12-20-33-53)43-60(75-45-52-30-17-11-18-31-52)65(78-48-55-36-23-14-24-37-55)62(80-67)50-74-44-51-28-15-10-16-29-51/h10-24,27-39,42,58-62,64-65,67,71H,2-9,25-26,40-41,43-50H2,1H3,(H,69,73)(H,70,72)/t58-,59+,60?,61?,62?,64-,65+,67-/m0/s1. The van der Waals surface area contributed by atoms with Gasteiger partial charge in [-0.25, -0.2) is 4.39 Å². The predicted molar refractivity (Wildman–Crippen MR) is 309 cm³/mol. The molecule has 6 aromatic carbocycles. The van der Waals surface area contributed by atoms with E-state index in [1.54, 1.807) is 6.07 Å². The van der Waals surface area contributed by atoms with Gasteiger partial charge in [0.05, 0.1) is 64.5 Å². The first-order valence-electron chi connectivity index (χ1n) is 28.8. The molecule has 0 aromatic heterocycles. The Morgan fingerprint density at radius 3 is 1.64 bits per heavy atom. The molecule has 1 saturated heterocycles. The van der Waals surface area contributed by atoms with Crippen LogP contribution in [-0.2, 0) is 71.0 Å². The molecule has 1 heterocycles. The Balaban J connectivity index is 1.04. The summed E-state index contributed by atoms with van der Waals surface area (Å²) >= 11 is 0. The van der Waals surface area contributed by atoms with Crippen LogP contribution in [-0.4, -0.2) is 85.6 Å². The van der Waals surface area contributed by atoms with Gasteiger partial charge < -0.3 is 48.9 Å². The summed E-state index contributed by atoms with van der Waals surface area (Å²) in [5.41, 5.74) is 5.25. The number of aliphatic hydroxyl groups is 1. The van der Waals surface area contributed by atoms with Crippen LogP contribution in [0.25, 0.3) is 0 Å². The maximum absolute atomic E-state index is 14.1. The van der Waals surface area contributed by atoms with Crippen molar-refractivity contribution in [1.82, 2.24) is 10.6 Å². The van der Waals surface area contributed by atoms with E-state index < -0.39 is 54.8 Å². The Kier molecular flexibility index (Phi) is 27.3. The topological polar surface area (TPSA) is 143 Å². The van der Waals surface area contributed by atoms with E-state index in [9.17, 15) is 19.1 Å². The number of rotatable bonds is 36. The molecule has 3 N–H and O–H groups in total. The van der Waals surface area contributed by atoms with Crippen LogP contribution in [0.2, 0.25) is 0 Å². The van der Waals surface area contributed by atoms with Crippen LogP contribution in [0.3, 0.4) is 0 Å². The van der Waals surface area contributed by atoms with Crippen LogP contribution in [0.15, 0.2) is 176 Å². The van der Waals surface area contributed by atoms with Crippen LogP contribution in [0, 0.1) is 5.82 Å². The molecule has 6 aromatic rings. The van der Waals surface area contributed by atoms with E-state index in [0.717, 1.165) is 79.2 Å². The molecule has 12 nitrogen and oxygen atoms in total. The first kappa shape index (κ1) is 61.5. The van der Waals surface area contributed by atoms with Gasteiger partial charge in [0.1, 0.15) is 30.2 Å². The summed E-state index contributed by atoms with van der Waals surface area (Å²) in [6.45, 7) is 3.97. The molecule has 7 rings (SSSR count). The van der Waals surface area contributed by atoms with E-state index in [2.05, 4.69) is 10.6 Å². The van der Waals surface area contributed by atoms with Gasteiger partial charge in [-0.1, -0.05) is 210 Å². The second-order valence-electron chi connectivity index (χ2n) is 20.7. The fourth-order valence-electron chi connectivity index (χ4n) is 9.82. The van der Waals surface area contributed by atoms with E-state index in [-0.39, 0.29) is 38.2 Å². The first-order chi connectivity index (χ1) is 39.3. The molecule has 13 heteroatoms. The fraction of sp³-hybridized carbons (Fsp3) is 0.433. The molecule has 8 atom stereocenters. The average molecular weight is 1100 g/mol. The van der Waals surface area contributed by atoms with Crippen molar-refractivity contribution in [3.63, 3.8) is 0 Å². The van der Waals surface area contributed by atoms with Gasteiger partial charge in [0.15, 0.2) is 6.29 Å². The minimum atomic E-state index is -1.00. The number of halogens is 1. The molecule has 428 valence electrons. The lowest BCUT2D eigenvalue weighted by atomic mass is 10.0. The highest BCUT2D eigenvalue weighted by Crippen LogP contribution is 2.31. The molecule has 0 bridgehead atoms. The third kappa shape index (κ3) is 22.1. The lowest BCUT2D eigenvalue weighted by molar-refractivity contribution is -0.247. The summed E-state index contributed by atoms with van der Waals surface area (Å²) in [5.74, 6) is -0.836. The quantitative estimate of drug-likeness (QED) is 0.0325. The summed E-state index contributed by atoms with van der Waals surface area (Å²) in [7, 11) is 0. The van der Waals surface area contributed by atoms with E-state index in [0.29, 0.717) is 57.6 Å². The first-order valence-corrected chi connectivity index (χ1v) is 28.8. The third-order valence-corrected chi connectivity index (χ3v) is 14.3. The molecule has 0 spiro atoms. The number of ether oxygens (including phenoxy) is 7. The Hall–Kier alpha value is -6.13.